The van der Waals surface area contributed by atoms with Crippen LogP contribution in [-0.4, -0.2) is 30.4 Å². The van der Waals surface area contributed by atoms with Crippen LogP contribution in [0.5, 0.6) is 0 Å². The lowest BCUT2D eigenvalue weighted by atomic mass is 10.1. The quantitative estimate of drug-likeness (QED) is 0.645. The second-order valence-electron chi connectivity index (χ2n) is 5.12. The van der Waals surface area contributed by atoms with E-state index in [1.807, 2.05) is 6.07 Å². The maximum Gasteiger partial charge on any atom is 0.390 e. The standard InChI is InChI=1S/C13H15N7O3/c1-8(7-19-9(2)4-11(17-19)20(22)23)13(21)16-12-10(5-14)6-15-18(12)3/h4,6,8H,7H2,1-3H3,(H,16,21). The van der Waals surface area contributed by atoms with Crippen molar-refractivity contribution in [3.63, 3.8) is 0 Å². The highest BCUT2D eigenvalue weighted by Crippen LogP contribution is 2.16. The molecule has 0 spiro atoms. The number of anilines is 1. The van der Waals surface area contributed by atoms with Crippen molar-refractivity contribution in [2.24, 2.45) is 13.0 Å². The van der Waals surface area contributed by atoms with Gasteiger partial charge in [-0.25, -0.2) is 0 Å². The first kappa shape index (κ1) is 16.2. The van der Waals surface area contributed by atoms with Crippen LogP contribution in [0.15, 0.2) is 12.3 Å². The first-order valence-corrected chi connectivity index (χ1v) is 6.75. The third-order valence-electron chi connectivity index (χ3n) is 3.35. The van der Waals surface area contributed by atoms with Crippen molar-refractivity contribution < 1.29 is 9.72 Å². The van der Waals surface area contributed by atoms with Crippen LogP contribution in [-0.2, 0) is 18.4 Å². The lowest BCUT2D eigenvalue weighted by Crippen LogP contribution is -2.26. The maximum atomic E-state index is 12.3. The molecule has 120 valence electrons. The predicted molar refractivity (Wildman–Crippen MR) is 79.3 cm³/mol. The number of hydrogen-bond acceptors (Lipinski definition) is 6. The Morgan fingerprint density at radius 1 is 1.61 bits per heavy atom. The summed E-state index contributed by atoms with van der Waals surface area (Å²) < 4.78 is 2.81. The van der Waals surface area contributed by atoms with E-state index in [9.17, 15) is 14.9 Å². The number of amides is 1. The summed E-state index contributed by atoms with van der Waals surface area (Å²) in [4.78, 5) is 22.4. The van der Waals surface area contributed by atoms with Gasteiger partial charge in [0, 0.05) is 7.05 Å². The fraction of sp³-hybridized carbons (Fsp3) is 0.385. The number of aromatic nitrogens is 4. The molecule has 1 atom stereocenters. The molecule has 2 rings (SSSR count). The molecule has 0 aliphatic heterocycles. The van der Waals surface area contributed by atoms with E-state index >= 15 is 0 Å². The van der Waals surface area contributed by atoms with E-state index in [2.05, 4.69) is 15.5 Å². The number of hydrogen-bond donors (Lipinski definition) is 1. The Morgan fingerprint density at radius 2 is 2.30 bits per heavy atom. The summed E-state index contributed by atoms with van der Waals surface area (Å²) in [5.74, 6) is -0.779. The summed E-state index contributed by atoms with van der Waals surface area (Å²) in [6, 6.07) is 3.29. The van der Waals surface area contributed by atoms with Gasteiger partial charge in [0.05, 0.1) is 35.5 Å². The molecule has 23 heavy (non-hydrogen) atoms. The largest absolute Gasteiger partial charge is 0.390 e. The maximum absolute atomic E-state index is 12.3. The Hall–Kier alpha value is -3.22. The van der Waals surface area contributed by atoms with Crippen molar-refractivity contribution in [2.75, 3.05) is 5.32 Å². The summed E-state index contributed by atoms with van der Waals surface area (Å²) in [7, 11) is 1.61. The number of nitrogens with zero attached hydrogens (tertiary/aromatic N) is 6. The number of rotatable bonds is 5. The van der Waals surface area contributed by atoms with Crippen LogP contribution >= 0.6 is 0 Å². The Labute approximate surface area is 131 Å². The third-order valence-corrected chi connectivity index (χ3v) is 3.35. The minimum absolute atomic E-state index is 0.186. The molecule has 0 bridgehead atoms. The van der Waals surface area contributed by atoms with Gasteiger partial charge in [0.25, 0.3) is 0 Å². The average molecular weight is 317 g/mol. The van der Waals surface area contributed by atoms with E-state index in [1.165, 1.54) is 21.6 Å². The number of aryl methyl sites for hydroxylation is 2. The topological polar surface area (TPSA) is 132 Å². The summed E-state index contributed by atoms with van der Waals surface area (Å²) in [6.45, 7) is 3.54. The number of carbonyl (C=O) groups is 1. The van der Waals surface area contributed by atoms with Crippen LogP contribution in [0.3, 0.4) is 0 Å². The fourth-order valence-electron chi connectivity index (χ4n) is 2.02. The van der Waals surface area contributed by atoms with Gasteiger partial charge in [0.1, 0.15) is 17.5 Å². The normalized spacial score (nSPS) is 11.7. The number of nitriles is 1. The molecule has 0 aliphatic carbocycles. The molecule has 2 aromatic heterocycles. The summed E-state index contributed by atoms with van der Waals surface area (Å²) >= 11 is 0. The number of carbonyl (C=O) groups excluding carboxylic acids is 1. The summed E-state index contributed by atoms with van der Waals surface area (Å²) in [5, 5.41) is 30.1. The lowest BCUT2D eigenvalue weighted by Gasteiger charge is -2.12. The van der Waals surface area contributed by atoms with Crippen LogP contribution in [0.4, 0.5) is 11.6 Å². The van der Waals surface area contributed by atoms with Gasteiger partial charge in [-0.05, 0) is 11.8 Å². The van der Waals surface area contributed by atoms with E-state index in [0.29, 0.717) is 11.5 Å². The highest BCUT2D eigenvalue weighted by atomic mass is 16.6. The molecule has 0 radical (unpaired) electrons. The van der Waals surface area contributed by atoms with Gasteiger partial charge in [-0.15, -0.1) is 0 Å². The van der Waals surface area contributed by atoms with Gasteiger partial charge in [-0.3, -0.25) is 9.48 Å². The second kappa shape index (κ2) is 6.27. The average Bonchev–Trinajstić information content (AvgIpc) is 3.03. The molecule has 10 nitrogen and oxygen atoms in total. The highest BCUT2D eigenvalue weighted by Gasteiger charge is 2.22. The van der Waals surface area contributed by atoms with Crippen molar-refractivity contribution in [3.05, 3.63) is 33.6 Å². The molecule has 2 heterocycles. The van der Waals surface area contributed by atoms with Gasteiger partial charge in [0.15, 0.2) is 0 Å². The Kier molecular flexibility index (Phi) is 4.40. The molecule has 2 aromatic rings. The zero-order valence-corrected chi connectivity index (χ0v) is 12.8. The molecule has 0 fully saturated rings. The highest BCUT2D eigenvalue weighted by molar-refractivity contribution is 5.92. The first-order chi connectivity index (χ1) is 10.8. The van der Waals surface area contributed by atoms with Crippen LogP contribution in [0, 0.1) is 34.3 Å². The van der Waals surface area contributed by atoms with Gasteiger partial charge in [-0.1, -0.05) is 6.92 Å². The van der Waals surface area contributed by atoms with E-state index in [0.717, 1.165) is 0 Å². The number of nitrogens with one attached hydrogen (secondary N) is 1. The SMILES string of the molecule is Cc1cc([N+](=O)[O-])nn1CC(C)C(=O)Nc1c(C#N)cnn1C. The van der Waals surface area contributed by atoms with Crippen molar-refractivity contribution in [2.45, 2.75) is 20.4 Å². The van der Waals surface area contributed by atoms with Crippen LogP contribution in [0.25, 0.3) is 0 Å². The van der Waals surface area contributed by atoms with Crippen molar-refractivity contribution >= 4 is 17.5 Å². The van der Waals surface area contributed by atoms with Crippen molar-refractivity contribution in [1.29, 1.82) is 5.26 Å². The Bertz CT molecular complexity index is 799. The van der Waals surface area contributed by atoms with E-state index < -0.39 is 10.8 Å². The fourth-order valence-corrected chi connectivity index (χ4v) is 2.02. The molecule has 1 unspecified atom stereocenters. The smallest absolute Gasteiger partial charge is 0.358 e. The minimum atomic E-state index is -0.580. The molecule has 0 aromatic carbocycles. The van der Waals surface area contributed by atoms with Crippen molar-refractivity contribution in [3.8, 4) is 6.07 Å². The molecular formula is C13H15N7O3. The van der Waals surface area contributed by atoms with E-state index in [-0.39, 0.29) is 23.8 Å². The van der Waals surface area contributed by atoms with Gasteiger partial charge in [0.2, 0.25) is 5.91 Å². The van der Waals surface area contributed by atoms with Crippen molar-refractivity contribution in [1.82, 2.24) is 19.6 Å². The number of nitro groups is 1. The predicted octanol–water partition coefficient (Wildman–Crippen LogP) is 0.980. The molecule has 0 aliphatic rings. The lowest BCUT2D eigenvalue weighted by molar-refractivity contribution is -0.389. The molecular weight excluding hydrogens is 302 g/mol. The molecule has 1 N–H and O–H groups in total. The molecule has 1 amide bonds. The zero-order chi connectivity index (χ0) is 17.1. The molecule has 0 saturated heterocycles. The van der Waals surface area contributed by atoms with Gasteiger partial charge < -0.3 is 15.4 Å². The zero-order valence-electron chi connectivity index (χ0n) is 12.8. The van der Waals surface area contributed by atoms with Gasteiger partial charge in [-0.2, -0.15) is 15.0 Å². The van der Waals surface area contributed by atoms with Crippen LogP contribution < -0.4 is 5.32 Å². The van der Waals surface area contributed by atoms with Crippen LogP contribution in [0.2, 0.25) is 0 Å². The Morgan fingerprint density at radius 3 is 2.87 bits per heavy atom. The first-order valence-electron chi connectivity index (χ1n) is 6.75. The third kappa shape index (κ3) is 3.34. The summed E-state index contributed by atoms with van der Waals surface area (Å²) in [5.41, 5.74) is 0.855. The summed E-state index contributed by atoms with van der Waals surface area (Å²) in [6.07, 6.45) is 1.36. The Balaban J connectivity index is 2.10. The minimum Gasteiger partial charge on any atom is -0.358 e. The van der Waals surface area contributed by atoms with E-state index in [1.54, 1.807) is 20.9 Å². The monoisotopic (exact) mass is 317 g/mol. The van der Waals surface area contributed by atoms with E-state index in [4.69, 9.17) is 5.26 Å². The molecule has 0 saturated carbocycles. The molecule has 10 heteroatoms. The van der Waals surface area contributed by atoms with Crippen LogP contribution in [0.1, 0.15) is 18.2 Å². The second-order valence-corrected chi connectivity index (χ2v) is 5.12. The van der Waals surface area contributed by atoms with Gasteiger partial charge >= 0.3 is 5.82 Å².